The number of carbonyl (C=O) groups excluding carboxylic acids is 1. The van der Waals surface area contributed by atoms with Crippen molar-refractivity contribution in [3.8, 4) is 11.3 Å². The molecule has 4 nitrogen and oxygen atoms in total. The molecule has 1 amide bonds. The third-order valence-corrected chi connectivity index (χ3v) is 4.46. The second kappa shape index (κ2) is 6.66. The summed E-state index contributed by atoms with van der Waals surface area (Å²) in [6, 6.07) is 10.5. The van der Waals surface area contributed by atoms with Crippen LogP contribution in [-0.2, 0) is 0 Å². The lowest BCUT2D eigenvalue weighted by Gasteiger charge is -2.01. The number of hydrogen-bond donors (Lipinski definition) is 1. The number of thiazole rings is 1. The first kappa shape index (κ1) is 15.9. The topological polar surface area (TPSA) is 54.9 Å². The predicted molar refractivity (Wildman–Crippen MR) is 94.5 cm³/mol. The van der Waals surface area contributed by atoms with Gasteiger partial charge in [0, 0.05) is 26.7 Å². The Morgan fingerprint density at radius 3 is 2.57 bits per heavy atom. The van der Waals surface area contributed by atoms with E-state index in [4.69, 9.17) is 23.2 Å². The molecule has 1 aromatic carbocycles. The van der Waals surface area contributed by atoms with Crippen molar-refractivity contribution in [1.29, 1.82) is 0 Å². The minimum Gasteiger partial charge on any atom is -0.296 e. The second-order valence-corrected chi connectivity index (χ2v) is 6.82. The predicted octanol–water partition coefficient (Wildman–Crippen LogP) is 5.07. The quantitative estimate of drug-likeness (QED) is 0.706. The summed E-state index contributed by atoms with van der Waals surface area (Å²) in [5.74, 6) is -0.344. The fourth-order valence-electron chi connectivity index (χ4n) is 2.02. The molecular formula is C16H11Cl2N3OS. The van der Waals surface area contributed by atoms with Crippen LogP contribution in [0.1, 0.15) is 15.4 Å². The number of aryl methyl sites for hydroxylation is 1. The minimum atomic E-state index is -0.344. The van der Waals surface area contributed by atoms with Crippen molar-refractivity contribution in [3.05, 3.63) is 63.2 Å². The van der Waals surface area contributed by atoms with Gasteiger partial charge in [0.05, 0.1) is 5.69 Å². The first-order valence-corrected chi connectivity index (χ1v) is 8.26. The maximum atomic E-state index is 12.2. The molecule has 0 atom stereocenters. The average Bonchev–Trinajstić information content (AvgIpc) is 2.88. The maximum Gasteiger partial charge on any atom is 0.276 e. The van der Waals surface area contributed by atoms with Gasteiger partial charge in [0.2, 0.25) is 0 Å². The number of pyridine rings is 1. The van der Waals surface area contributed by atoms with Crippen molar-refractivity contribution in [3.63, 3.8) is 0 Å². The minimum absolute atomic E-state index is 0.249. The molecule has 0 radical (unpaired) electrons. The van der Waals surface area contributed by atoms with E-state index in [0.717, 1.165) is 16.1 Å². The van der Waals surface area contributed by atoms with Gasteiger partial charge >= 0.3 is 0 Å². The summed E-state index contributed by atoms with van der Waals surface area (Å²) >= 11 is 13.2. The Hall–Kier alpha value is -1.95. The van der Waals surface area contributed by atoms with E-state index in [1.807, 2.05) is 31.2 Å². The highest BCUT2D eigenvalue weighted by Crippen LogP contribution is 2.31. The van der Waals surface area contributed by atoms with E-state index in [9.17, 15) is 4.79 Å². The second-order valence-electron chi connectivity index (χ2n) is 4.74. The van der Waals surface area contributed by atoms with Crippen LogP contribution in [0.15, 0.2) is 42.6 Å². The summed E-state index contributed by atoms with van der Waals surface area (Å²) < 4.78 is 0. The SMILES string of the molecule is Cc1sc(NC(=O)c2cc(Cl)ccn2)nc1-c1ccc(Cl)cc1. The monoisotopic (exact) mass is 363 g/mol. The molecule has 7 heteroatoms. The summed E-state index contributed by atoms with van der Waals surface area (Å²) in [6.07, 6.45) is 1.49. The van der Waals surface area contributed by atoms with Gasteiger partial charge in [-0.15, -0.1) is 11.3 Å². The zero-order valence-electron chi connectivity index (χ0n) is 12.0. The number of halogens is 2. The lowest BCUT2D eigenvalue weighted by Crippen LogP contribution is -2.13. The summed E-state index contributed by atoms with van der Waals surface area (Å²) in [7, 11) is 0. The van der Waals surface area contributed by atoms with Crippen LogP contribution < -0.4 is 5.32 Å². The average molecular weight is 364 g/mol. The van der Waals surface area contributed by atoms with E-state index in [1.165, 1.54) is 23.6 Å². The van der Waals surface area contributed by atoms with E-state index in [-0.39, 0.29) is 11.6 Å². The van der Waals surface area contributed by atoms with Gasteiger partial charge in [-0.1, -0.05) is 35.3 Å². The molecule has 1 N–H and O–H groups in total. The molecule has 3 rings (SSSR count). The number of nitrogens with one attached hydrogen (secondary N) is 1. The Morgan fingerprint density at radius 1 is 1.13 bits per heavy atom. The Morgan fingerprint density at radius 2 is 1.87 bits per heavy atom. The molecule has 23 heavy (non-hydrogen) atoms. The molecule has 116 valence electrons. The maximum absolute atomic E-state index is 12.2. The molecule has 0 saturated heterocycles. The Labute approximate surface area is 147 Å². The number of carbonyl (C=O) groups is 1. The summed E-state index contributed by atoms with van der Waals surface area (Å²) in [5, 5.41) is 4.39. The van der Waals surface area contributed by atoms with Gasteiger partial charge in [0.15, 0.2) is 5.13 Å². The Kier molecular flexibility index (Phi) is 4.61. The Bertz CT molecular complexity index is 862. The van der Waals surface area contributed by atoms with Crippen LogP contribution in [0, 0.1) is 6.92 Å². The highest BCUT2D eigenvalue weighted by atomic mass is 35.5. The largest absolute Gasteiger partial charge is 0.296 e. The molecule has 0 spiro atoms. The van der Waals surface area contributed by atoms with E-state index in [1.54, 1.807) is 6.07 Å². The molecule has 0 fully saturated rings. The third-order valence-electron chi connectivity index (χ3n) is 3.09. The molecular weight excluding hydrogens is 353 g/mol. The first-order chi connectivity index (χ1) is 11.0. The Balaban J connectivity index is 1.83. The van der Waals surface area contributed by atoms with Crippen molar-refractivity contribution in [2.75, 3.05) is 5.32 Å². The van der Waals surface area contributed by atoms with Crippen molar-refractivity contribution in [2.45, 2.75) is 6.92 Å². The number of nitrogens with zero attached hydrogens (tertiary/aromatic N) is 2. The van der Waals surface area contributed by atoms with E-state index in [2.05, 4.69) is 15.3 Å². The molecule has 0 aliphatic carbocycles. The van der Waals surface area contributed by atoms with Crippen molar-refractivity contribution in [2.24, 2.45) is 0 Å². The van der Waals surface area contributed by atoms with Crippen LogP contribution in [0.25, 0.3) is 11.3 Å². The van der Waals surface area contributed by atoms with Gasteiger partial charge in [-0.3, -0.25) is 15.1 Å². The van der Waals surface area contributed by atoms with E-state index in [0.29, 0.717) is 15.2 Å². The molecule has 0 saturated carbocycles. The molecule has 2 aromatic heterocycles. The summed E-state index contributed by atoms with van der Waals surface area (Å²) in [4.78, 5) is 21.7. The van der Waals surface area contributed by atoms with E-state index < -0.39 is 0 Å². The van der Waals surface area contributed by atoms with Gasteiger partial charge in [-0.25, -0.2) is 4.98 Å². The number of rotatable bonds is 3. The van der Waals surface area contributed by atoms with Gasteiger partial charge in [-0.2, -0.15) is 0 Å². The van der Waals surface area contributed by atoms with E-state index >= 15 is 0 Å². The van der Waals surface area contributed by atoms with Crippen molar-refractivity contribution in [1.82, 2.24) is 9.97 Å². The van der Waals surface area contributed by atoms with Crippen LogP contribution in [0.3, 0.4) is 0 Å². The van der Waals surface area contributed by atoms with Crippen LogP contribution >= 0.6 is 34.5 Å². The highest BCUT2D eigenvalue weighted by Gasteiger charge is 2.14. The van der Waals surface area contributed by atoms with Crippen molar-refractivity contribution < 1.29 is 4.79 Å². The van der Waals surface area contributed by atoms with Crippen LogP contribution in [0.4, 0.5) is 5.13 Å². The molecule has 3 aromatic rings. The first-order valence-electron chi connectivity index (χ1n) is 6.69. The summed E-state index contributed by atoms with van der Waals surface area (Å²) in [6.45, 7) is 1.95. The van der Waals surface area contributed by atoms with Crippen LogP contribution in [0.5, 0.6) is 0 Å². The number of anilines is 1. The van der Waals surface area contributed by atoms with Gasteiger partial charge in [0.25, 0.3) is 5.91 Å². The molecule has 0 unspecified atom stereocenters. The summed E-state index contributed by atoms with van der Waals surface area (Å²) in [5.41, 5.74) is 2.02. The lowest BCUT2D eigenvalue weighted by molar-refractivity contribution is 0.102. The fourth-order valence-corrected chi connectivity index (χ4v) is 3.13. The third kappa shape index (κ3) is 3.69. The zero-order valence-corrected chi connectivity index (χ0v) is 14.3. The van der Waals surface area contributed by atoms with Gasteiger partial charge in [-0.05, 0) is 31.2 Å². The standard InChI is InChI=1S/C16H11Cl2N3OS/c1-9-14(10-2-4-11(17)5-3-10)20-16(23-9)21-15(22)13-8-12(18)6-7-19-13/h2-8H,1H3,(H,20,21,22). The number of aromatic nitrogens is 2. The molecule has 0 aliphatic heterocycles. The van der Waals surface area contributed by atoms with Gasteiger partial charge in [0.1, 0.15) is 5.69 Å². The van der Waals surface area contributed by atoms with Crippen LogP contribution in [0.2, 0.25) is 10.0 Å². The number of benzene rings is 1. The van der Waals surface area contributed by atoms with Crippen LogP contribution in [-0.4, -0.2) is 15.9 Å². The fraction of sp³-hybridized carbons (Fsp3) is 0.0625. The smallest absolute Gasteiger partial charge is 0.276 e. The highest BCUT2D eigenvalue weighted by molar-refractivity contribution is 7.16. The number of amides is 1. The van der Waals surface area contributed by atoms with Gasteiger partial charge < -0.3 is 0 Å². The molecule has 0 aliphatic rings. The lowest BCUT2D eigenvalue weighted by atomic mass is 10.1. The van der Waals surface area contributed by atoms with Crippen molar-refractivity contribution >= 4 is 45.6 Å². The molecule has 0 bridgehead atoms. The normalized spacial score (nSPS) is 10.6. The number of hydrogen-bond acceptors (Lipinski definition) is 4. The molecule has 2 heterocycles. The zero-order chi connectivity index (χ0) is 16.4.